The SMILES string of the molecule is C#CCn1c(=O)[nH]c(=O)c2ccsc21. The largest absolute Gasteiger partial charge is 0.330 e. The fourth-order valence-electron chi connectivity index (χ4n) is 1.24. The Kier molecular flexibility index (Phi) is 1.98. The lowest BCUT2D eigenvalue weighted by molar-refractivity contribution is 0.795. The molecule has 0 bridgehead atoms. The van der Waals surface area contributed by atoms with Crippen LogP contribution in [0, 0.1) is 12.3 Å². The molecular weight excluding hydrogens is 200 g/mol. The van der Waals surface area contributed by atoms with Crippen LogP contribution >= 0.6 is 11.3 Å². The third-order valence-electron chi connectivity index (χ3n) is 1.85. The molecule has 0 radical (unpaired) electrons. The predicted molar refractivity (Wildman–Crippen MR) is 55.5 cm³/mol. The molecule has 4 nitrogen and oxygen atoms in total. The van der Waals surface area contributed by atoms with E-state index in [1.54, 1.807) is 11.4 Å². The van der Waals surface area contributed by atoms with Crippen LogP contribution in [0.3, 0.4) is 0 Å². The summed E-state index contributed by atoms with van der Waals surface area (Å²) in [7, 11) is 0. The van der Waals surface area contributed by atoms with Crippen LogP contribution in [0.1, 0.15) is 0 Å². The number of thiophene rings is 1. The summed E-state index contributed by atoms with van der Waals surface area (Å²) in [6.07, 6.45) is 5.13. The molecule has 0 saturated heterocycles. The van der Waals surface area contributed by atoms with E-state index < -0.39 is 5.69 Å². The van der Waals surface area contributed by atoms with Gasteiger partial charge in [0.15, 0.2) is 0 Å². The van der Waals surface area contributed by atoms with E-state index in [0.29, 0.717) is 10.2 Å². The van der Waals surface area contributed by atoms with E-state index in [1.807, 2.05) is 0 Å². The standard InChI is InChI=1S/C9H6N2O2S/c1-2-4-11-8-6(3-5-14-8)7(12)10-9(11)13/h1,3,5H,4H2,(H,10,12,13). The minimum absolute atomic E-state index is 0.173. The average molecular weight is 206 g/mol. The van der Waals surface area contributed by atoms with Crippen molar-refractivity contribution in [3.05, 3.63) is 32.3 Å². The summed E-state index contributed by atoms with van der Waals surface area (Å²) in [6, 6.07) is 1.67. The molecule has 2 aromatic rings. The van der Waals surface area contributed by atoms with Crippen LogP contribution in [0.25, 0.3) is 10.2 Å². The Hall–Kier alpha value is -1.80. The van der Waals surface area contributed by atoms with E-state index in [2.05, 4.69) is 10.9 Å². The number of fused-ring (bicyclic) bond motifs is 1. The molecule has 2 rings (SSSR count). The summed E-state index contributed by atoms with van der Waals surface area (Å²) in [5.74, 6) is 2.37. The van der Waals surface area contributed by atoms with E-state index in [-0.39, 0.29) is 12.1 Å². The van der Waals surface area contributed by atoms with Crippen LogP contribution in [0.4, 0.5) is 0 Å². The highest BCUT2D eigenvalue weighted by molar-refractivity contribution is 7.16. The predicted octanol–water partition coefficient (Wildman–Crippen LogP) is 0.384. The summed E-state index contributed by atoms with van der Waals surface area (Å²) in [5, 5.41) is 2.26. The van der Waals surface area contributed by atoms with Gasteiger partial charge in [0.25, 0.3) is 5.56 Å². The number of nitrogens with one attached hydrogen (secondary N) is 1. The zero-order valence-electron chi connectivity index (χ0n) is 7.11. The normalized spacial score (nSPS) is 10.2. The Labute approximate surface area is 82.8 Å². The van der Waals surface area contributed by atoms with Crippen molar-refractivity contribution in [1.82, 2.24) is 9.55 Å². The van der Waals surface area contributed by atoms with Gasteiger partial charge in [-0.3, -0.25) is 14.3 Å². The molecule has 0 aromatic carbocycles. The molecular formula is C9H6N2O2S. The van der Waals surface area contributed by atoms with Crippen molar-refractivity contribution in [2.45, 2.75) is 6.54 Å². The van der Waals surface area contributed by atoms with E-state index in [9.17, 15) is 9.59 Å². The minimum Gasteiger partial charge on any atom is -0.273 e. The lowest BCUT2D eigenvalue weighted by Crippen LogP contribution is -2.29. The zero-order valence-corrected chi connectivity index (χ0v) is 7.93. The van der Waals surface area contributed by atoms with Gasteiger partial charge in [0.05, 0.1) is 11.9 Å². The Morgan fingerprint density at radius 2 is 2.36 bits per heavy atom. The van der Waals surface area contributed by atoms with Crippen molar-refractivity contribution in [3.63, 3.8) is 0 Å². The van der Waals surface area contributed by atoms with Crippen molar-refractivity contribution in [3.8, 4) is 12.3 Å². The van der Waals surface area contributed by atoms with Crippen molar-refractivity contribution in [1.29, 1.82) is 0 Å². The fraction of sp³-hybridized carbons (Fsp3) is 0.111. The van der Waals surface area contributed by atoms with Gasteiger partial charge >= 0.3 is 5.69 Å². The molecule has 0 saturated carbocycles. The summed E-state index contributed by atoms with van der Waals surface area (Å²) in [6.45, 7) is 0.173. The van der Waals surface area contributed by atoms with E-state index >= 15 is 0 Å². The van der Waals surface area contributed by atoms with Crippen molar-refractivity contribution >= 4 is 21.6 Å². The van der Waals surface area contributed by atoms with Crippen molar-refractivity contribution in [2.75, 3.05) is 0 Å². The molecule has 0 aliphatic rings. The number of hydrogen-bond donors (Lipinski definition) is 1. The van der Waals surface area contributed by atoms with Gasteiger partial charge in [-0.15, -0.1) is 17.8 Å². The van der Waals surface area contributed by atoms with Crippen LogP contribution in [0.2, 0.25) is 0 Å². The number of aromatic amines is 1. The van der Waals surface area contributed by atoms with Crippen LogP contribution in [0.5, 0.6) is 0 Å². The van der Waals surface area contributed by atoms with Gasteiger partial charge in [0.2, 0.25) is 0 Å². The maximum atomic E-state index is 11.4. The van der Waals surface area contributed by atoms with Gasteiger partial charge in [-0.1, -0.05) is 5.92 Å². The number of H-pyrrole nitrogens is 1. The first kappa shape index (κ1) is 8.78. The second-order valence-electron chi connectivity index (χ2n) is 2.69. The summed E-state index contributed by atoms with van der Waals surface area (Å²) in [4.78, 5) is 25.5. The van der Waals surface area contributed by atoms with Crippen molar-refractivity contribution < 1.29 is 0 Å². The molecule has 14 heavy (non-hydrogen) atoms. The maximum absolute atomic E-state index is 11.4. The third kappa shape index (κ3) is 1.17. The minimum atomic E-state index is -0.456. The van der Waals surface area contributed by atoms with Crippen LogP contribution < -0.4 is 11.2 Å². The highest BCUT2D eigenvalue weighted by Crippen LogP contribution is 2.14. The fourth-order valence-corrected chi connectivity index (χ4v) is 2.14. The average Bonchev–Trinajstić information content (AvgIpc) is 2.60. The Morgan fingerprint density at radius 3 is 3.07 bits per heavy atom. The quantitative estimate of drug-likeness (QED) is 0.686. The van der Waals surface area contributed by atoms with Crippen molar-refractivity contribution in [2.24, 2.45) is 0 Å². The number of hydrogen-bond acceptors (Lipinski definition) is 3. The number of aromatic nitrogens is 2. The number of nitrogens with zero attached hydrogens (tertiary/aromatic N) is 1. The Bertz CT molecular complexity index is 627. The van der Waals surface area contributed by atoms with E-state index in [1.165, 1.54) is 15.9 Å². The second-order valence-corrected chi connectivity index (χ2v) is 3.58. The lowest BCUT2D eigenvalue weighted by Gasteiger charge is -2.00. The highest BCUT2D eigenvalue weighted by atomic mass is 32.1. The zero-order chi connectivity index (χ0) is 10.1. The van der Waals surface area contributed by atoms with Gasteiger partial charge in [-0.2, -0.15) is 0 Å². The first-order valence-electron chi connectivity index (χ1n) is 3.88. The number of terminal acetylenes is 1. The molecule has 1 N–H and O–H groups in total. The van der Waals surface area contributed by atoms with Gasteiger partial charge in [-0.25, -0.2) is 4.79 Å². The molecule has 0 atom stereocenters. The van der Waals surface area contributed by atoms with Gasteiger partial charge in [-0.05, 0) is 11.4 Å². The van der Waals surface area contributed by atoms with Gasteiger partial charge in [0, 0.05) is 0 Å². The summed E-state index contributed by atoms with van der Waals surface area (Å²) in [5.41, 5.74) is -0.817. The molecule has 2 aromatic heterocycles. The molecule has 2 heterocycles. The van der Waals surface area contributed by atoms with Crippen LogP contribution in [0.15, 0.2) is 21.0 Å². The monoisotopic (exact) mass is 206 g/mol. The van der Waals surface area contributed by atoms with Crippen LogP contribution in [-0.2, 0) is 6.54 Å². The summed E-state index contributed by atoms with van der Waals surface area (Å²) < 4.78 is 1.38. The molecule has 0 amide bonds. The molecule has 0 aliphatic heterocycles. The van der Waals surface area contributed by atoms with Gasteiger partial charge < -0.3 is 0 Å². The van der Waals surface area contributed by atoms with E-state index in [0.717, 1.165) is 0 Å². The number of rotatable bonds is 1. The smallest absolute Gasteiger partial charge is 0.273 e. The summed E-state index contributed by atoms with van der Waals surface area (Å²) >= 11 is 1.33. The highest BCUT2D eigenvalue weighted by Gasteiger charge is 2.06. The topological polar surface area (TPSA) is 54.9 Å². The molecule has 0 spiro atoms. The van der Waals surface area contributed by atoms with Gasteiger partial charge in [0.1, 0.15) is 4.83 Å². The van der Waals surface area contributed by atoms with E-state index in [4.69, 9.17) is 6.42 Å². The maximum Gasteiger partial charge on any atom is 0.330 e. The molecule has 5 heteroatoms. The molecule has 0 unspecified atom stereocenters. The lowest BCUT2D eigenvalue weighted by atomic mass is 10.4. The van der Waals surface area contributed by atoms with Crippen LogP contribution in [-0.4, -0.2) is 9.55 Å². The molecule has 0 aliphatic carbocycles. The first-order valence-corrected chi connectivity index (χ1v) is 4.76. The Balaban J connectivity index is 2.95. The molecule has 0 fully saturated rings. The first-order chi connectivity index (χ1) is 6.74. The second kappa shape index (κ2) is 3.16. The molecule has 70 valence electrons. The Morgan fingerprint density at radius 1 is 1.57 bits per heavy atom. The third-order valence-corrected chi connectivity index (χ3v) is 2.79.